The number of hydrogen-bond donors (Lipinski definition) is 2. The molecule has 26 heavy (non-hydrogen) atoms. The number of benzene rings is 2. The molecule has 2 N–H and O–H groups in total. The van der Waals surface area contributed by atoms with Gasteiger partial charge in [-0.1, -0.05) is 17.7 Å². The lowest BCUT2D eigenvalue weighted by Gasteiger charge is -2.18. The maximum Gasteiger partial charge on any atom is 0.255 e. The fourth-order valence-corrected chi connectivity index (χ4v) is 3.84. The summed E-state index contributed by atoms with van der Waals surface area (Å²) in [4.78, 5) is 14.5. The van der Waals surface area contributed by atoms with E-state index >= 15 is 0 Å². The maximum absolute atomic E-state index is 12.6. The zero-order valence-electron chi connectivity index (χ0n) is 15.1. The average Bonchev–Trinajstić information content (AvgIpc) is 2.53. The number of carbonyl (C=O) groups excluding carboxylic acids is 1. The Kier molecular flexibility index (Phi) is 6.28. The predicted molar refractivity (Wildman–Crippen MR) is 106 cm³/mol. The first-order valence-electron chi connectivity index (χ1n) is 8.01. The molecule has 0 aliphatic carbocycles. The van der Waals surface area contributed by atoms with Crippen LogP contribution in [0.3, 0.4) is 0 Å². The van der Waals surface area contributed by atoms with Gasteiger partial charge in [-0.15, -0.1) is 0 Å². The van der Waals surface area contributed by atoms with Crippen molar-refractivity contribution in [2.75, 3.05) is 24.3 Å². The topological polar surface area (TPSA) is 78.5 Å². The van der Waals surface area contributed by atoms with E-state index < -0.39 is 15.9 Å². The summed E-state index contributed by atoms with van der Waals surface area (Å²) in [6.45, 7) is 3.46. The first-order chi connectivity index (χ1) is 12.1. The first kappa shape index (κ1) is 20.2. The zero-order chi connectivity index (χ0) is 19.5. The summed E-state index contributed by atoms with van der Waals surface area (Å²) in [7, 11) is 0.0257. The summed E-state index contributed by atoms with van der Waals surface area (Å²) >= 11 is 6.03. The molecule has 6 nitrogen and oxygen atoms in total. The summed E-state index contributed by atoms with van der Waals surface area (Å²) in [5, 5.41) is 3.28. The standard InChI is InChI=1S/C18H22ClN3O3S/c1-12(2)21-26(24,25)15-7-5-6-13(10-15)18(23)20-16-11-14(19)8-9-17(16)22(3)4/h5-12,21H,1-4H3,(H,20,23). The number of sulfonamides is 1. The van der Waals surface area contributed by atoms with Gasteiger partial charge in [0.05, 0.1) is 16.3 Å². The van der Waals surface area contributed by atoms with Crippen LogP contribution in [0.5, 0.6) is 0 Å². The SMILES string of the molecule is CC(C)NS(=O)(=O)c1cccc(C(=O)Nc2cc(Cl)ccc2N(C)C)c1. The normalized spacial score (nSPS) is 11.5. The number of amides is 1. The van der Waals surface area contributed by atoms with Gasteiger partial charge < -0.3 is 10.2 Å². The van der Waals surface area contributed by atoms with Gasteiger partial charge in [-0.3, -0.25) is 4.79 Å². The largest absolute Gasteiger partial charge is 0.376 e. The number of anilines is 2. The molecular formula is C18H22ClN3O3S. The van der Waals surface area contributed by atoms with E-state index in [1.54, 1.807) is 38.1 Å². The summed E-state index contributed by atoms with van der Waals surface area (Å²) in [5.41, 5.74) is 1.57. The fraction of sp³-hybridized carbons (Fsp3) is 0.278. The Morgan fingerprint density at radius 2 is 1.81 bits per heavy atom. The van der Waals surface area contributed by atoms with Crippen LogP contribution >= 0.6 is 11.6 Å². The highest BCUT2D eigenvalue weighted by atomic mass is 35.5. The maximum atomic E-state index is 12.6. The molecule has 0 radical (unpaired) electrons. The molecule has 0 aromatic heterocycles. The Labute approximate surface area is 159 Å². The van der Waals surface area contributed by atoms with E-state index in [9.17, 15) is 13.2 Å². The molecular weight excluding hydrogens is 374 g/mol. The smallest absolute Gasteiger partial charge is 0.255 e. The summed E-state index contributed by atoms with van der Waals surface area (Å²) < 4.78 is 27.1. The van der Waals surface area contributed by atoms with Crippen LogP contribution in [0.4, 0.5) is 11.4 Å². The molecule has 0 bridgehead atoms. The van der Waals surface area contributed by atoms with Crippen molar-refractivity contribution >= 4 is 38.9 Å². The molecule has 0 aliphatic heterocycles. The van der Waals surface area contributed by atoms with Crippen molar-refractivity contribution < 1.29 is 13.2 Å². The molecule has 0 saturated heterocycles. The van der Waals surface area contributed by atoms with Gasteiger partial charge in [0.25, 0.3) is 5.91 Å². The van der Waals surface area contributed by atoms with Gasteiger partial charge in [0.2, 0.25) is 10.0 Å². The van der Waals surface area contributed by atoms with E-state index in [2.05, 4.69) is 10.0 Å². The molecule has 0 heterocycles. The Morgan fingerprint density at radius 3 is 2.42 bits per heavy atom. The minimum atomic E-state index is -3.68. The van der Waals surface area contributed by atoms with E-state index in [-0.39, 0.29) is 16.5 Å². The second kappa shape index (κ2) is 8.07. The van der Waals surface area contributed by atoms with Gasteiger partial charge in [0.1, 0.15) is 0 Å². The number of halogens is 1. The third-order valence-corrected chi connectivity index (χ3v) is 5.38. The minimum Gasteiger partial charge on any atom is -0.376 e. The van der Waals surface area contributed by atoms with Gasteiger partial charge in [-0.25, -0.2) is 13.1 Å². The predicted octanol–water partition coefficient (Wildman–Crippen LogP) is 3.35. The van der Waals surface area contributed by atoms with E-state index in [4.69, 9.17) is 11.6 Å². The fourth-order valence-electron chi connectivity index (χ4n) is 2.38. The molecule has 0 atom stereocenters. The minimum absolute atomic E-state index is 0.0396. The highest BCUT2D eigenvalue weighted by Gasteiger charge is 2.18. The Hall–Kier alpha value is -2.09. The Balaban J connectivity index is 2.32. The third-order valence-electron chi connectivity index (χ3n) is 3.49. The molecule has 0 unspecified atom stereocenters. The van der Waals surface area contributed by atoms with Crippen LogP contribution < -0.4 is 14.9 Å². The van der Waals surface area contributed by atoms with Crippen LogP contribution in [0.25, 0.3) is 0 Å². The molecule has 1 amide bonds. The number of nitrogens with one attached hydrogen (secondary N) is 2. The van der Waals surface area contributed by atoms with Gasteiger partial charge in [-0.2, -0.15) is 0 Å². The summed E-state index contributed by atoms with van der Waals surface area (Å²) in [6.07, 6.45) is 0. The van der Waals surface area contributed by atoms with Crippen molar-refractivity contribution in [2.45, 2.75) is 24.8 Å². The third kappa shape index (κ3) is 4.97. The van der Waals surface area contributed by atoms with E-state index in [0.717, 1.165) is 5.69 Å². The van der Waals surface area contributed by atoms with Crippen LogP contribution in [-0.2, 0) is 10.0 Å². The van der Waals surface area contributed by atoms with Crippen molar-refractivity contribution in [3.8, 4) is 0 Å². The molecule has 0 spiro atoms. The van der Waals surface area contributed by atoms with E-state index in [1.165, 1.54) is 18.2 Å². The molecule has 2 aromatic rings. The van der Waals surface area contributed by atoms with Crippen molar-refractivity contribution in [2.24, 2.45) is 0 Å². The lowest BCUT2D eigenvalue weighted by Crippen LogP contribution is -2.30. The average molecular weight is 396 g/mol. The van der Waals surface area contributed by atoms with Crippen molar-refractivity contribution in [3.05, 3.63) is 53.1 Å². The zero-order valence-corrected chi connectivity index (χ0v) is 16.6. The van der Waals surface area contributed by atoms with Gasteiger partial charge >= 0.3 is 0 Å². The van der Waals surface area contributed by atoms with E-state index in [0.29, 0.717) is 10.7 Å². The lowest BCUT2D eigenvalue weighted by molar-refractivity contribution is 0.102. The first-order valence-corrected chi connectivity index (χ1v) is 9.87. The molecule has 2 rings (SSSR count). The van der Waals surface area contributed by atoms with Gasteiger partial charge in [0.15, 0.2) is 0 Å². The Bertz CT molecular complexity index is 912. The van der Waals surface area contributed by atoms with Crippen molar-refractivity contribution in [3.63, 3.8) is 0 Å². The van der Waals surface area contributed by atoms with Crippen LogP contribution in [0.15, 0.2) is 47.4 Å². The van der Waals surface area contributed by atoms with Crippen LogP contribution in [0.1, 0.15) is 24.2 Å². The van der Waals surface area contributed by atoms with Gasteiger partial charge in [-0.05, 0) is 50.2 Å². The molecule has 0 fully saturated rings. The molecule has 0 saturated carbocycles. The molecule has 0 aliphatic rings. The monoisotopic (exact) mass is 395 g/mol. The van der Waals surface area contributed by atoms with Crippen LogP contribution in [-0.4, -0.2) is 34.5 Å². The number of rotatable bonds is 6. The molecule has 140 valence electrons. The van der Waals surface area contributed by atoms with Crippen molar-refractivity contribution in [1.29, 1.82) is 0 Å². The van der Waals surface area contributed by atoms with Crippen LogP contribution in [0, 0.1) is 0 Å². The number of carbonyl (C=O) groups is 1. The van der Waals surface area contributed by atoms with E-state index in [1.807, 2.05) is 19.0 Å². The molecule has 8 heteroatoms. The lowest BCUT2D eigenvalue weighted by atomic mass is 10.2. The second-order valence-corrected chi connectivity index (χ2v) is 8.46. The van der Waals surface area contributed by atoms with Crippen molar-refractivity contribution in [1.82, 2.24) is 4.72 Å². The van der Waals surface area contributed by atoms with Gasteiger partial charge in [0, 0.05) is 30.7 Å². The summed E-state index contributed by atoms with van der Waals surface area (Å²) in [6, 6.07) is 10.8. The quantitative estimate of drug-likeness (QED) is 0.786. The second-order valence-electron chi connectivity index (χ2n) is 6.31. The highest BCUT2D eigenvalue weighted by molar-refractivity contribution is 7.89. The Morgan fingerprint density at radius 1 is 1.12 bits per heavy atom. The van der Waals surface area contributed by atoms with Crippen LogP contribution in [0.2, 0.25) is 5.02 Å². The summed E-state index contributed by atoms with van der Waals surface area (Å²) in [5.74, 6) is -0.419. The number of hydrogen-bond acceptors (Lipinski definition) is 4. The number of nitrogens with zero attached hydrogens (tertiary/aromatic N) is 1. The highest BCUT2D eigenvalue weighted by Crippen LogP contribution is 2.28. The molecule has 2 aromatic carbocycles.